The molecule has 49 valence electrons. The molecule has 0 saturated carbocycles. The second-order valence-electron chi connectivity index (χ2n) is 0.577. The van der Waals surface area contributed by atoms with Gasteiger partial charge in [0.15, 0.2) is 0 Å². The zero-order valence-electron chi connectivity index (χ0n) is 3.80. The van der Waals surface area contributed by atoms with Crippen LogP contribution in [-0.2, 0) is 16.8 Å². The summed E-state index contributed by atoms with van der Waals surface area (Å²) in [5.41, 5.74) is 9.81. The summed E-state index contributed by atoms with van der Waals surface area (Å²) in [5.74, 6) is 0. The van der Waals surface area contributed by atoms with Crippen LogP contribution in [0.5, 0.6) is 0 Å². The van der Waals surface area contributed by atoms with Gasteiger partial charge in [0.05, 0.1) is 0 Å². The van der Waals surface area contributed by atoms with Crippen molar-refractivity contribution >= 4 is 0 Å². The topological polar surface area (TPSA) is 112 Å². The Balaban J connectivity index is -0.0000000150. The van der Waals surface area contributed by atoms with Crippen molar-refractivity contribution in [2.45, 2.75) is 0 Å². The van der Waals surface area contributed by atoms with Gasteiger partial charge in [-0.1, -0.05) is 0 Å². The predicted octanol–water partition coefficient (Wildman–Crippen LogP) is -1.45. The smallest absolute Gasteiger partial charge is 0.870 e. The molecule has 0 aliphatic carbocycles. The molecule has 1 radical (unpaired) electrons. The zero-order valence-corrected chi connectivity index (χ0v) is 4.84. The van der Waals surface area contributed by atoms with Gasteiger partial charge in [0, 0.05) is 13.1 Å². The molecule has 0 rings (SSSR count). The average molecular weight is 153 g/mol. The summed E-state index contributed by atoms with van der Waals surface area (Å²) in [6.45, 7) is 1.19. The van der Waals surface area contributed by atoms with Crippen LogP contribution in [0.1, 0.15) is 0 Å². The first-order valence-electron chi connectivity index (χ1n) is 1.32. The Kier molecular flexibility index (Phi) is 124. The minimum atomic E-state index is 0. The Labute approximate surface area is 53.1 Å². The molecule has 0 fully saturated rings. The van der Waals surface area contributed by atoms with E-state index < -0.39 is 0 Å². The van der Waals surface area contributed by atoms with Crippen molar-refractivity contribution in [3.8, 4) is 0 Å². The maximum Gasteiger partial charge on any atom is 2.00 e. The molecule has 4 nitrogen and oxygen atoms in total. The van der Waals surface area contributed by atoms with E-state index in [4.69, 9.17) is 11.5 Å². The van der Waals surface area contributed by atoms with Crippen molar-refractivity contribution in [3.05, 3.63) is 0 Å². The SMILES string of the molecule is NCCN.[Co+2].[OH-].[OH-]. The predicted molar refractivity (Wildman–Crippen MR) is 22.0 cm³/mol. The Morgan fingerprint density at radius 1 is 0.857 bits per heavy atom. The molecular formula is C2H10CoN2O2. The van der Waals surface area contributed by atoms with E-state index in [1.165, 1.54) is 0 Å². The van der Waals surface area contributed by atoms with Crippen LogP contribution in [0.15, 0.2) is 0 Å². The molecule has 0 spiro atoms. The van der Waals surface area contributed by atoms with E-state index in [0.717, 1.165) is 0 Å². The molecule has 0 aliphatic rings. The van der Waals surface area contributed by atoms with Crippen LogP contribution in [0, 0.1) is 0 Å². The number of hydrogen-bond donors (Lipinski definition) is 2. The minimum Gasteiger partial charge on any atom is -0.870 e. The van der Waals surface area contributed by atoms with Crippen LogP contribution in [-0.4, -0.2) is 24.0 Å². The molecule has 0 aliphatic heterocycles. The average Bonchev–Trinajstić information content (AvgIpc) is 1.37. The molecule has 0 aromatic carbocycles. The van der Waals surface area contributed by atoms with E-state index in [2.05, 4.69) is 0 Å². The third kappa shape index (κ3) is 66.1. The van der Waals surface area contributed by atoms with Crippen LogP contribution in [0.3, 0.4) is 0 Å². The zero-order chi connectivity index (χ0) is 3.41. The van der Waals surface area contributed by atoms with Crippen LogP contribution >= 0.6 is 0 Å². The van der Waals surface area contributed by atoms with E-state index in [1.54, 1.807) is 0 Å². The van der Waals surface area contributed by atoms with Crippen LogP contribution < -0.4 is 11.5 Å². The first kappa shape index (κ1) is 26.4. The molecular weight excluding hydrogens is 143 g/mol. The fourth-order valence-corrected chi connectivity index (χ4v) is 0. The first-order chi connectivity index (χ1) is 1.91. The van der Waals surface area contributed by atoms with Crippen molar-refractivity contribution in [2.24, 2.45) is 11.5 Å². The van der Waals surface area contributed by atoms with Gasteiger partial charge in [0.1, 0.15) is 0 Å². The molecule has 6 N–H and O–H groups in total. The summed E-state index contributed by atoms with van der Waals surface area (Å²) in [7, 11) is 0. The molecule has 0 heterocycles. The molecule has 0 unspecified atom stereocenters. The van der Waals surface area contributed by atoms with E-state index in [0.29, 0.717) is 13.1 Å². The van der Waals surface area contributed by atoms with Crippen molar-refractivity contribution in [1.29, 1.82) is 0 Å². The standard InChI is InChI=1S/C2H8N2.Co.2H2O/c3-1-2-4;;;/h1-4H2;;2*1H2/q;+2;;/p-2. The molecule has 0 aromatic rings. The van der Waals surface area contributed by atoms with Crippen LogP contribution in [0.2, 0.25) is 0 Å². The van der Waals surface area contributed by atoms with Crippen molar-refractivity contribution in [1.82, 2.24) is 0 Å². The summed E-state index contributed by atoms with van der Waals surface area (Å²) in [5, 5.41) is 0. The first-order valence-corrected chi connectivity index (χ1v) is 1.32. The second kappa shape index (κ2) is 32.9. The van der Waals surface area contributed by atoms with Gasteiger partial charge in [-0.25, -0.2) is 0 Å². The molecule has 0 atom stereocenters. The maximum atomic E-state index is 4.90. The third-order valence-electron chi connectivity index (χ3n) is 0.167. The molecule has 5 heteroatoms. The molecule has 0 saturated heterocycles. The third-order valence-corrected chi connectivity index (χ3v) is 0.167. The number of rotatable bonds is 1. The normalized spacial score (nSPS) is 4.29. The van der Waals surface area contributed by atoms with Gasteiger partial charge in [-0.3, -0.25) is 0 Å². The maximum absolute atomic E-state index is 4.90. The summed E-state index contributed by atoms with van der Waals surface area (Å²) >= 11 is 0. The van der Waals surface area contributed by atoms with Crippen LogP contribution in [0.25, 0.3) is 0 Å². The van der Waals surface area contributed by atoms with Gasteiger partial charge in [0.25, 0.3) is 0 Å². The minimum absolute atomic E-state index is 0. The Hall–Kier alpha value is 0.346. The molecule has 0 bridgehead atoms. The van der Waals surface area contributed by atoms with Gasteiger partial charge in [-0.05, 0) is 0 Å². The largest absolute Gasteiger partial charge is 2.00 e. The number of nitrogens with two attached hydrogens (primary N) is 2. The number of hydrogen-bond acceptors (Lipinski definition) is 4. The van der Waals surface area contributed by atoms with Gasteiger partial charge in [-0.2, -0.15) is 0 Å². The van der Waals surface area contributed by atoms with Gasteiger partial charge >= 0.3 is 16.8 Å². The van der Waals surface area contributed by atoms with Gasteiger partial charge < -0.3 is 22.4 Å². The Morgan fingerprint density at radius 2 is 1.00 bits per heavy atom. The molecule has 7 heavy (non-hydrogen) atoms. The van der Waals surface area contributed by atoms with E-state index >= 15 is 0 Å². The molecule has 0 amide bonds. The summed E-state index contributed by atoms with van der Waals surface area (Å²) < 4.78 is 0. The monoisotopic (exact) mass is 153 g/mol. The fraction of sp³-hybridized carbons (Fsp3) is 1.00. The van der Waals surface area contributed by atoms with Crippen LogP contribution in [0.4, 0.5) is 0 Å². The summed E-state index contributed by atoms with van der Waals surface area (Å²) in [6.07, 6.45) is 0. The Bertz CT molecular complexity index is 15.7. The van der Waals surface area contributed by atoms with Crippen molar-refractivity contribution in [2.75, 3.05) is 13.1 Å². The van der Waals surface area contributed by atoms with E-state index in [9.17, 15) is 0 Å². The Morgan fingerprint density at radius 3 is 1.00 bits per heavy atom. The van der Waals surface area contributed by atoms with E-state index in [-0.39, 0.29) is 27.7 Å². The van der Waals surface area contributed by atoms with Gasteiger partial charge in [-0.15, -0.1) is 0 Å². The summed E-state index contributed by atoms with van der Waals surface area (Å²) in [4.78, 5) is 0. The van der Waals surface area contributed by atoms with Crippen molar-refractivity contribution in [3.63, 3.8) is 0 Å². The fourth-order valence-electron chi connectivity index (χ4n) is 0. The second-order valence-corrected chi connectivity index (χ2v) is 0.577. The quantitative estimate of drug-likeness (QED) is 0.479. The summed E-state index contributed by atoms with van der Waals surface area (Å²) in [6, 6.07) is 0. The van der Waals surface area contributed by atoms with Crippen molar-refractivity contribution < 1.29 is 27.7 Å². The van der Waals surface area contributed by atoms with E-state index in [1.807, 2.05) is 0 Å². The molecule has 0 aromatic heterocycles. The van der Waals surface area contributed by atoms with Gasteiger partial charge in [0.2, 0.25) is 0 Å².